The predicted molar refractivity (Wildman–Crippen MR) is 104 cm³/mol. The van der Waals surface area contributed by atoms with Crippen molar-refractivity contribution in [3.05, 3.63) is 29.8 Å². The average molecular weight is 409 g/mol. The summed E-state index contributed by atoms with van der Waals surface area (Å²) in [5.41, 5.74) is -0.0205. The summed E-state index contributed by atoms with van der Waals surface area (Å²) in [6, 6.07) is 6.05. The molecular weight excluding hydrogens is 380 g/mol. The molecule has 1 unspecified atom stereocenters. The summed E-state index contributed by atoms with van der Waals surface area (Å²) in [7, 11) is -3.77. The molecule has 1 amide bonds. The fraction of sp³-hybridized carbons (Fsp3) is 0.600. The van der Waals surface area contributed by atoms with Gasteiger partial charge in [-0.15, -0.1) is 0 Å². The lowest BCUT2D eigenvalue weighted by molar-refractivity contribution is -0.136. The van der Waals surface area contributed by atoms with Crippen LogP contribution in [0.4, 0.5) is 0 Å². The lowest BCUT2D eigenvalue weighted by atomic mass is 10.0. The first kappa shape index (κ1) is 20.8. The normalized spacial score (nSPS) is 21.3. The van der Waals surface area contributed by atoms with Gasteiger partial charge in [-0.1, -0.05) is 25.5 Å². The van der Waals surface area contributed by atoms with Gasteiger partial charge in [0.15, 0.2) is 6.61 Å². The minimum Gasteiger partial charge on any atom is -0.452 e. The second-order valence-electron chi connectivity index (χ2n) is 7.62. The van der Waals surface area contributed by atoms with E-state index in [1.54, 1.807) is 17.0 Å². The Bertz CT molecular complexity index is 818. The fourth-order valence-electron chi connectivity index (χ4n) is 3.82. The first-order valence-corrected chi connectivity index (χ1v) is 11.4. The third kappa shape index (κ3) is 4.72. The summed E-state index contributed by atoms with van der Waals surface area (Å²) < 4.78 is 32.6. The molecule has 1 aromatic carbocycles. The molecule has 28 heavy (non-hydrogen) atoms. The largest absolute Gasteiger partial charge is 0.452 e. The molecule has 0 N–H and O–H groups in total. The van der Waals surface area contributed by atoms with Gasteiger partial charge in [0.05, 0.1) is 10.5 Å². The molecular formula is C20H28N2O5S. The van der Waals surface area contributed by atoms with Gasteiger partial charge in [-0.3, -0.25) is 4.79 Å². The van der Waals surface area contributed by atoms with E-state index in [4.69, 9.17) is 4.74 Å². The number of amides is 1. The molecule has 2 aliphatic rings. The van der Waals surface area contributed by atoms with Crippen LogP contribution in [0.1, 0.15) is 49.4 Å². The lowest BCUT2D eigenvalue weighted by Crippen LogP contribution is -2.41. The zero-order chi connectivity index (χ0) is 20.1. The van der Waals surface area contributed by atoms with Gasteiger partial charge in [0.25, 0.3) is 5.91 Å². The number of hydrogen-bond acceptors (Lipinski definition) is 5. The summed E-state index contributed by atoms with van der Waals surface area (Å²) in [6.07, 6.45) is 4.67. The molecule has 2 aliphatic heterocycles. The average Bonchev–Trinajstić information content (AvgIpc) is 2.72. The number of nitrogens with zero attached hydrogens (tertiary/aromatic N) is 2. The van der Waals surface area contributed by atoms with E-state index in [1.165, 1.54) is 16.4 Å². The minimum atomic E-state index is -3.77. The number of carbonyl (C=O) groups excluding carboxylic acids is 2. The lowest BCUT2D eigenvalue weighted by Gasteiger charge is -2.30. The third-order valence-electron chi connectivity index (χ3n) is 5.38. The second-order valence-corrected chi connectivity index (χ2v) is 9.53. The van der Waals surface area contributed by atoms with Crippen LogP contribution in [-0.2, 0) is 19.6 Å². The molecule has 8 heteroatoms. The maximum Gasteiger partial charge on any atom is 0.340 e. The molecule has 154 valence electrons. The van der Waals surface area contributed by atoms with Gasteiger partial charge in [0.1, 0.15) is 0 Å². The van der Waals surface area contributed by atoms with Crippen LogP contribution in [0.15, 0.2) is 29.2 Å². The van der Waals surface area contributed by atoms with Crippen LogP contribution in [0.25, 0.3) is 0 Å². The van der Waals surface area contributed by atoms with Crippen molar-refractivity contribution in [2.24, 2.45) is 5.92 Å². The van der Waals surface area contributed by atoms with E-state index in [-0.39, 0.29) is 23.0 Å². The maximum absolute atomic E-state index is 13.0. The Hall–Kier alpha value is -1.93. The zero-order valence-corrected chi connectivity index (χ0v) is 17.1. The Morgan fingerprint density at radius 1 is 1.07 bits per heavy atom. The van der Waals surface area contributed by atoms with Crippen LogP contribution in [0.2, 0.25) is 0 Å². The van der Waals surface area contributed by atoms with Gasteiger partial charge >= 0.3 is 5.97 Å². The Kier molecular flexibility index (Phi) is 6.72. The maximum atomic E-state index is 13.0. The summed E-state index contributed by atoms with van der Waals surface area (Å²) in [5, 5.41) is 0. The molecule has 2 saturated heterocycles. The van der Waals surface area contributed by atoms with Gasteiger partial charge in [-0.2, -0.15) is 4.31 Å². The van der Waals surface area contributed by atoms with E-state index in [1.807, 2.05) is 0 Å². The number of hydrogen-bond donors (Lipinski definition) is 0. The number of piperidine rings is 2. The fourth-order valence-corrected chi connectivity index (χ4v) is 5.51. The summed E-state index contributed by atoms with van der Waals surface area (Å²) in [6.45, 7) is 3.96. The molecule has 0 spiro atoms. The molecule has 7 nitrogen and oxygen atoms in total. The van der Waals surface area contributed by atoms with Gasteiger partial charge < -0.3 is 9.64 Å². The molecule has 0 aliphatic carbocycles. The highest BCUT2D eigenvalue weighted by Gasteiger charge is 2.30. The van der Waals surface area contributed by atoms with Crippen LogP contribution in [0, 0.1) is 5.92 Å². The Morgan fingerprint density at radius 3 is 2.50 bits per heavy atom. The highest BCUT2D eigenvalue weighted by atomic mass is 32.2. The molecule has 0 bridgehead atoms. The van der Waals surface area contributed by atoms with Gasteiger partial charge in [0.2, 0.25) is 10.0 Å². The van der Waals surface area contributed by atoms with Crippen LogP contribution >= 0.6 is 0 Å². The number of ether oxygens (including phenoxy) is 1. The molecule has 1 aromatic rings. The third-order valence-corrected chi connectivity index (χ3v) is 7.33. The second kappa shape index (κ2) is 9.05. The van der Waals surface area contributed by atoms with E-state index >= 15 is 0 Å². The minimum absolute atomic E-state index is 0.0205. The number of benzene rings is 1. The van der Waals surface area contributed by atoms with E-state index in [9.17, 15) is 18.0 Å². The Morgan fingerprint density at radius 2 is 1.79 bits per heavy atom. The molecule has 1 atom stereocenters. The first-order chi connectivity index (χ1) is 13.4. The van der Waals surface area contributed by atoms with Crippen molar-refractivity contribution in [1.82, 2.24) is 9.21 Å². The van der Waals surface area contributed by atoms with Gasteiger partial charge in [0, 0.05) is 26.2 Å². The quantitative estimate of drug-likeness (QED) is 0.698. The van der Waals surface area contributed by atoms with Crippen LogP contribution in [-0.4, -0.2) is 62.3 Å². The SMILES string of the molecule is CC1CCCN(C(=O)COC(=O)c2ccccc2S(=O)(=O)N2CCCCC2)C1. The van der Waals surface area contributed by atoms with Crippen LogP contribution < -0.4 is 0 Å². The van der Waals surface area contributed by atoms with E-state index in [2.05, 4.69) is 6.92 Å². The van der Waals surface area contributed by atoms with Gasteiger partial charge in [-0.25, -0.2) is 13.2 Å². The van der Waals surface area contributed by atoms with Gasteiger partial charge in [-0.05, 0) is 43.7 Å². The van der Waals surface area contributed by atoms with Crippen molar-refractivity contribution in [3.63, 3.8) is 0 Å². The highest BCUT2D eigenvalue weighted by molar-refractivity contribution is 7.89. The number of esters is 1. The number of sulfonamides is 1. The molecule has 2 heterocycles. The molecule has 2 fully saturated rings. The van der Waals surface area contributed by atoms with Crippen molar-refractivity contribution >= 4 is 21.9 Å². The van der Waals surface area contributed by atoms with Crippen molar-refractivity contribution in [2.45, 2.75) is 43.9 Å². The molecule has 0 saturated carbocycles. The van der Waals surface area contributed by atoms with E-state index in [0.29, 0.717) is 32.1 Å². The Labute approximate surface area is 166 Å². The molecule has 0 radical (unpaired) electrons. The number of rotatable bonds is 5. The van der Waals surface area contributed by atoms with E-state index < -0.39 is 16.0 Å². The summed E-state index contributed by atoms with van der Waals surface area (Å²) >= 11 is 0. The van der Waals surface area contributed by atoms with E-state index in [0.717, 1.165) is 32.1 Å². The van der Waals surface area contributed by atoms with Crippen molar-refractivity contribution in [2.75, 3.05) is 32.8 Å². The summed E-state index contributed by atoms with van der Waals surface area (Å²) in [4.78, 5) is 26.6. The Balaban J connectivity index is 1.69. The van der Waals surface area contributed by atoms with Crippen LogP contribution in [0.3, 0.4) is 0 Å². The van der Waals surface area contributed by atoms with Crippen molar-refractivity contribution in [3.8, 4) is 0 Å². The smallest absolute Gasteiger partial charge is 0.340 e. The van der Waals surface area contributed by atoms with Crippen molar-refractivity contribution in [1.29, 1.82) is 0 Å². The molecule has 0 aromatic heterocycles. The summed E-state index contributed by atoms with van der Waals surface area (Å²) in [5.74, 6) is -0.588. The zero-order valence-electron chi connectivity index (χ0n) is 16.3. The number of likely N-dealkylation sites (tertiary alicyclic amines) is 1. The standard InChI is InChI=1S/C20H28N2O5S/c1-16-8-7-11-21(14-16)19(23)15-27-20(24)17-9-3-4-10-18(17)28(25,26)22-12-5-2-6-13-22/h3-4,9-10,16H,2,5-8,11-15H2,1H3. The predicted octanol–water partition coefficient (Wildman–Crippen LogP) is 2.28. The topological polar surface area (TPSA) is 84.0 Å². The first-order valence-electron chi connectivity index (χ1n) is 9.93. The molecule has 3 rings (SSSR count). The highest BCUT2D eigenvalue weighted by Crippen LogP contribution is 2.24. The monoisotopic (exact) mass is 408 g/mol. The number of carbonyl (C=O) groups is 2. The van der Waals surface area contributed by atoms with Crippen molar-refractivity contribution < 1.29 is 22.7 Å². The van der Waals surface area contributed by atoms with Crippen LogP contribution in [0.5, 0.6) is 0 Å².